The average molecular weight is 175 g/mol. The summed E-state index contributed by atoms with van der Waals surface area (Å²) >= 11 is 0. The molecule has 1 atom stereocenters. The Hall–Kier alpha value is -0.650. The standard InChI is InChI=1S/C7H13NO4/c1-4-11-7(10-3)8-6(9-2)5-12-7/h4-5H2,1-3H3. The van der Waals surface area contributed by atoms with E-state index in [1.54, 1.807) is 0 Å². The molecule has 1 heterocycles. The van der Waals surface area contributed by atoms with Gasteiger partial charge in [-0.15, -0.1) is 0 Å². The van der Waals surface area contributed by atoms with Crippen LogP contribution < -0.4 is 0 Å². The van der Waals surface area contributed by atoms with Gasteiger partial charge >= 0.3 is 6.10 Å². The van der Waals surface area contributed by atoms with Gasteiger partial charge in [0.05, 0.1) is 13.7 Å². The molecule has 0 spiro atoms. The van der Waals surface area contributed by atoms with Crippen molar-refractivity contribution >= 4 is 5.90 Å². The SMILES string of the molecule is CCOC1(OC)N=C(OC)CO1. The van der Waals surface area contributed by atoms with E-state index in [1.165, 1.54) is 14.2 Å². The van der Waals surface area contributed by atoms with E-state index in [1.807, 2.05) is 6.92 Å². The molecule has 0 aliphatic carbocycles. The molecule has 1 rings (SSSR count). The van der Waals surface area contributed by atoms with Crippen LogP contribution in [0.5, 0.6) is 0 Å². The molecular formula is C7H13NO4. The molecule has 0 saturated heterocycles. The number of nitrogens with zero attached hydrogens (tertiary/aromatic N) is 1. The second kappa shape index (κ2) is 3.84. The molecule has 5 heteroatoms. The van der Waals surface area contributed by atoms with Crippen molar-refractivity contribution in [3.63, 3.8) is 0 Å². The molecule has 0 saturated carbocycles. The Morgan fingerprint density at radius 3 is 2.75 bits per heavy atom. The summed E-state index contributed by atoms with van der Waals surface area (Å²) in [7, 11) is 3.00. The van der Waals surface area contributed by atoms with Crippen molar-refractivity contribution in [2.45, 2.75) is 13.0 Å². The van der Waals surface area contributed by atoms with Crippen LogP contribution in [-0.4, -0.2) is 39.4 Å². The zero-order valence-electron chi connectivity index (χ0n) is 7.49. The minimum Gasteiger partial charge on any atom is -0.482 e. The third-order valence-electron chi connectivity index (χ3n) is 1.46. The summed E-state index contributed by atoms with van der Waals surface area (Å²) in [6.07, 6.45) is -1.28. The predicted octanol–water partition coefficient (Wildman–Crippen LogP) is 0.356. The highest BCUT2D eigenvalue weighted by atomic mass is 16.9. The summed E-state index contributed by atoms with van der Waals surface area (Å²) in [6, 6.07) is 0. The van der Waals surface area contributed by atoms with Crippen LogP contribution in [0.25, 0.3) is 0 Å². The Balaban J connectivity index is 2.63. The highest BCUT2D eigenvalue weighted by molar-refractivity contribution is 5.78. The molecule has 0 radical (unpaired) electrons. The van der Waals surface area contributed by atoms with E-state index in [2.05, 4.69) is 4.99 Å². The van der Waals surface area contributed by atoms with Crippen molar-refractivity contribution in [3.05, 3.63) is 0 Å². The molecule has 0 fully saturated rings. The first kappa shape index (κ1) is 9.44. The fourth-order valence-corrected chi connectivity index (χ4v) is 0.895. The van der Waals surface area contributed by atoms with Crippen molar-refractivity contribution in [1.82, 2.24) is 0 Å². The normalized spacial score (nSPS) is 28.8. The van der Waals surface area contributed by atoms with Gasteiger partial charge in [-0.25, -0.2) is 0 Å². The topological polar surface area (TPSA) is 49.3 Å². The summed E-state index contributed by atoms with van der Waals surface area (Å²) in [5, 5.41) is 0. The quantitative estimate of drug-likeness (QED) is 0.581. The number of hydrogen-bond acceptors (Lipinski definition) is 5. The Morgan fingerprint density at radius 2 is 2.33 bits per heavy atom. The van der Waals surface area contributed by atoms with Gasteiger partial charge < -0.3 is 14.2 Å². The van der Waals surface area contributed by atoms with Gasteiger partial charge in [0.15, 0.2) is 0 Å². The Labute approximate surface area is 71.3 Å². The number of methoxy groups -OCH3 is 2. The van der Waals surface area contributed by atoms with E-state index in [9.17, 15) is 0 Å². The summed E-state index contributed by atoms with van der Waals surface area (Å²) in [6.45, 7) is 2.59. The first-order valence-corrected chi connectivity index (χ1v) is 3.72. The van der Waals surface area contributed by atoms with Gasteiger partial charge in [-0.3, -0.25) is 4.74 Å². The average Bonchev–Trinajstić information content (AvgIpc) is 2.50. The molecule has 0 aromatic carbocycles. The third-order valence-corrected chi connectivity index (χ3v) is 1.46. The lowest BCUT2D eigenvalue weighted by molar-refractivity contribution is -0.351. The zero-order valence-corrected chi connectivity index (χ0v) is 7.49. The fourth-order valence-electron chi connectivity index (χ4n) is 0.895. The summed E-state index contributed by atoms with van der Waals surface area (Å²) in [4.78, 5) is 3.97. The van der Waals surface area contributed by atoms with Gasteiger partial charge in [-0.05, 0) is 6.92 Å². The molecule has 1 unspecified atom stereocenters. The van der Waals surface area contributed by atoms with Gasteiger partial charge in [0.2, 0.25) is 5.90 Å². The van der Waals surface area contributed by atoms with Crippen LogP contribution in [0.4, 0.5) is 0 Å². The van der Waals surface area contributed by atoms with E-state index in [0.29, 0.717) is 12.5 Å². The van der Waals surface area contributed by atoms with Crippen molar-refractivity contribution in [2.24, 2.45) is 4.99 Å². The van der Waals surface area contributed by atoms with E-state index < -0.39 is 6.10 Å². The molecule has 5 nitrogen and oxygen atoms in total. The molecule has 12 heavy (non-hydrogen) atoms. The van der Waals surface area contributed by atoms with E-state index >= 15 is 0 Å². The highest BCUT2D eigenvalue weighted by Crippen LogP contribution is 2.21. The van der Waals surface area contributed by atoms with Crippen molar-refractivity contribution in [3.8, 4) is 0 Å². The van der Waals surface area contributed by atoms with Crippen molar-refractivity contribution in [2.75, 3.05) is 27.4 Å². The van der Waals surface area contributed by atoms with Gasteiger partial charge in [0, 0.05) is 7.11 Å². The second-order valence-electron chi connectivity index (χ2n) is 2.16. The van der Waals surface area contributed by atoms with Gasteiger partial charge in [-0.1, -0.05) is 0 Å². The molecule has 0 bridgehead atoms. The summed E-state index contributed by atoms with van der Waals surface area (Å²) in [5.74, 6) is 0.477. The second-order valence-corrected chi connectivity index (χ2v) is 2.16. The smallest absolute Gasteiger partial charge is 0.398 e. The lowest BCUT2D eigenvalue weighted by Gasteiger charge is -2.20. The first-order valence-electron chi connectivity index (χ1n) is 3.72. The van der Waals surface area contributed by atoms with Gasteiger partial charge in [0.1, 0.15) is 6.61 Å². The molecule has 0 N–H and O–H groups in total. The maximum Gasteiger partial charge on any atom is 0.398 e. The summed E-state index contributed by atoms with van der Waals surface area (Å²) in [5.41, 5.74) is 0. The maximum atomic E-state index is 5.16. The summed E-state index contributed by atoms with van der Waals surface area (Å²) < 4.78 is 20.2. The van der Waals surface area contributed by atoms with E-state index in [0.717, 1.165) is 0 Å². The molecule has 1 aliphatic heterocycles. The molecule has 0 amide bonds. The fraction of sp³-hybridized carbons (Fsp3) is 0.857. The van der Waals surface area contributed by atoms with Gasteiger partial charge in [0.25, 0.3) is 0 Å². The largest absolute Gasteiger partial charge is 0.482 e. The van der Waals surface area contributed by atoms with Gasteiger partial charge in [-0.2, -0.15) is 4.99 Å². The van der Waals surface area contributed by atoms with Crippen LogP contribution in [0.3, 0.4) is 0 Å². The van der Waals surface area contributed by atoms with Crippen LogP contribution in [0.2, 0.25) is 0 Å². The third kappa shape index (κ3) is 1.74. The Kier molecular flexibility index (Phi) is 3.02. The van der Waals surface area contributed by atoms with Crippen LogP contribution in [0.15, 0.2) is 4.99 Å². The van der Waals surface area contributed by atoms with E-state index in [-0.39, 0.29) is 6.61 Å². The highest BCUT2D eigenvalue weighted by Gasteiger charge is 2.38. The maximum absolute atomic E-state index is 5.16. The van der Waals surface area contributed by atoms with Crippen molar-refractivity contribution in [1.29, 1.82) is 0 Å². The number of rotatable bonds is 3. The van der Waals surface area contributed by atoms with Crippen LogP contribution in [0, 0.1) is 0 Å². The van der Waals surface area contributed by atoms with Crippen LogP contribution >= 0.6 is 0 Å². The number of ether oxygens (including phenoxy) is 4. The zero-order chi connectivity index (χ0) is 9.03. The molecule has 1 aliphatic rings. The first-order chi connectivity index (χ1) is 5.76. The predicted molar refractivity (Wildman–Crippen MR) is 41.8 cm³/mol. The monoisotopic (exact) mass is 175 g/mol. The van der Waals surface area contributed by atoms with Crippen LogP contribution in [0.1, 0.15) is 6.92 Å². The Morgan fingerprint density at radius 1 is 1.58 bits per heavy atom. The minimum absolute atomic E-state index is 0.282. The van der Waals surface area contributed by atoms with Crippen molar-refractivity contribution < 1.29 is 18.9 Å². The number of aliphatic imine (C=N–C) groups is 1. The number of hydrogen-bond donors (Lipinski definition) is 0. The Bertz CT molecular complexity index is 182. The van der Waals surface area contributed by atoms with Crippen LogP contribution in [-0.2, 0) is 18.9 Å². The minimum atomic E-state index is -1.28. The molecule has 0 aromatic rings. The molecule has 70 valence electrons. The lowest BCUT2D eigenvalue weighted by atomic mass is 10.7. The molecular weight excluding hydrogens is 162 g/mol. The lowest BCUT2D eigenvalue weighted by Crippen LogP contribution is -2.32. The molecule has 0 aromatic heterocycles. The van der Waals surface area contributed by atoms with E-state index in [4.69, 9.17) is 18.9 Å².